The number of carbonyl (C=O) groups excluding carboxylic acids is 2. The summed E-state index contributed by atoms with van der Waals surface area (Å²) in [6, 6.07) is 7.00. The monoisotopic (exact) mass is 389 g/mol. The Hall–Kier alpha value is -2.77. The van der Waals surface area contributed by atoms with Crippen LogP contribution < -0.4 is 10.2 Å². The number of carbonyl (C=O) groups is 3. The van der Waals surface area contributed by atoms with Crippen molar-refractivity contribution in [3.05, 3.63) is 29.8 Å². The number of esters is 1. The Balaban J connectivity index is 2.00. The summed E-state index contributed by atoms with van der Waals surface area (Å²) in [6.45, 7) is 6.77. The molecule has 1 spiro atoms. The van der Waals surface area contributed by atoms with Gasteiger partial charge in [0, 0.05) is 24.2 Å². The number of carboxylic acid groups (broad SMARTS) is 1. The highest BCUT2D eigenvalue weighted by molar-refractivity contribution is 5.95. The second-order valence-electron chi connectivity index (χ2n) is 8.45. The summed E-state index contributed by atoms with van der Waals surface area (Å²) in [5, 5.41) is 12.4. The first-order chi connectivity index (χ1) is 13.1. The van der Waals surface area contributed by atoms with Gasteiger partial charge in [-0.2, -0.15) is 0 Å². The fourth-order valence-electron chi connectivity index (χ4n) is 4.09. The van der Waals surface area contributed by atoms with E-state index < -0.39 is 17.6 Å². The van der Waals surface area contributed by atoms with Crippen molar-refractivity contribution in [3.8, 4) is 0 Å². The predicted octanol–water partition coefficient (Wildman–Crippen LogP) is 2.29. The van der Waals surface area contributed by atoms with E-state index in [-0.39, 0.29) is 17.5 Å². The highest BCUT2D eigenvalue weighted by Gasteiger charge is 2.57. The number of rotatable bonds is 2. The second kappa shape index (κ2) is 7.00. The summed E-state index contributed by atoms with van der Waals surface area (Å²) in [4.78, 5) is 39.6. The Labute approximate surface area is 164 Å². The highest BCUT2D eigenvalue weighted by Crippen LogP contribution is 2.43. The molecule has 1 aromatic carbocycles. The van der Waals surface area contributed by atoms with Gasteiger partial charge in [-0.15, -0.1) is 0 Å². The maximum Gasteiger partial charge on any atom is 0.407 e. The average Bonchev–Trinajstić information content (AvgIpc) is 2.94. The zero-order chi connectivity index (χ0) is 20.7. The predicted molar refractivity (Wildman–Crippen MR) is 103 cm³/mol. The summed E-state index contributed by atoms with van der Waals surface area (Å²) in [7, 11) is 1.33. The molecule has 2 amide bonds. The lowest BCUT2D eigenvalue weighted by Crippen LogP contribution is -2.59. The molecule has 28 heavy (non-hydrogen) atoms. The Morgan fingerprint density at radius 1 is 1.18 bits per heavy atom. The molecule has 8 heteroatoms. The van der Waals surface area contributed by atoms with E-state index in [1.165, 1.54) is 12.0 Å². The van der Waals surface area contributed by atoms with E-state index in [4.69, 9.17) is 4.74 Å². The normalized spacial score (nSPS) is 21.6. The Bertz CT molecular complexity index is 776. The summed E-state index contributed by atoms with van der Waals surface area (Å²) in [5.41, 5.74) is 0.197. The molecule has 0 aliphatic carbocycles. The molecule has 8 nitrogen and oxygen atoms in total. The van der Waals surface area contributed by atoms with E-state index in [0.29, 0.717) is 31.5 Å². The molecular weight excluding hydrogens is 362 g/mol. The number of methoxy groups -OCH3 is 1. The van der Waals surface area contributed by atoms with Crippen LogP contribution in [0.4, 0.5) is 10.5 Å². The molecule has 2 N–H and O–H groups in total. The number of likely N-dealkylation sites (tertiary alicyclic amines) is 1. The van der Waals surface area contributed by atoms with Crippen molar-refractivity contribution in [2.45, 2.75) is 45.3 Å². The minimum absolute atomic E-state index is 0.0745. The van der Waals surface area contributed by atoms with Crippen LogP contribution in [0.1, 0.15) is 44.0 Å². The third-order valence-electron chi connectivity index (χ3n) is 5.66. The number of piperidine rings is 1. The van der Waals surface area contributed by atoms with Gasteiger partial charge in [0.15, 0.2) is 0 Å². The van der Waals surface area contributed by atoms with Crippen LogP contribution in [-0.4, -0.2) is 59.9 Å². The first-order valence-electron chi connectivity index (χ1n) is 9.37. The minimum atomic E-state index is -0.963. The lowest BCUT2D eigenvalue weighted by atomic mass is 9.84. The van der Waals surface area contributed by atoms with E-state index in [1.54, 1.807) is 12.1 Å². The van der Waals surface area contributed by atoms with Crippen LogP contribution >= 0.6 is 0 Å². The molecule has 0 radical (unpaired) electrons. The summed E-state index contributed by atoms with van der Waals surface area (Å²) in [5.74, 6) is -0.492. The topological polar surface area (TPSA) is 99.2 Å². The van der Waals surface area contributed by atoms with Gasteiger partial charge >= 0.3 is 12.1 Å². The molecule has 2 saturated heterocycles. The van der Waals surface area contributed by atoms with Crippen molar-refractivity contribution in [3.63, 3.8) is 0 Å². The standard InChI is InChI=1S/C20H27N3O5/c1-19(2,3)16-21-17(25)20(9-11-22(12-10-20)18(26)27)23(16)14-7-5-13(6-8-14)15(24)28-4/h5-8,16H,9-12H2,1-4H3,(H,21,25)(H,26,27). The smallest absolute Gasteiger partial charge is 0.407 e. The molecule has 0 saturated carbocycles. The molecule has 1 unspecified atom stereocenters. The van der Waals surface area contributed by atoms with Crippen LogP contribution in [0, 0.1) is 5.41 Å². The molecule has 2 fully saturated rings. The van der Waals surface area contributed by atoms with Gasteiger partial charge in [-0.05, 0) is 37.1 Å². The number of hydrogen-bond donors (Lipinski definition) is 2. The first-order valence-corrected chi connectivity index (χ1v) is 9.37. The van der Waals surface area contributed by atoms with Gasteiger partial charge in [0.2, 0.25) is 5.91 Å². The molecule has 2 aliphatic rings. The van der Waals surface area contributed by atoms with Gasteiger partial charge in [0.05, 0.1) is 12.7 Å². The Morgan fingerprint density at radius 3 is 2.21 bits per heavy atom. The van der Waals surface area contributed by atoms with Gasteiger partial charge < -0.3 is 25.0 Å². The van der Waals surface area contributed by atoms with Gasteiger partial charge in [-0.3, -0.25) is 4.79 Å². The summed E-state index contributed by atoms with van der Waals surface area (Å²) < 4.78 is 4.76. The van der Waals surface area contributed by atoms with Crippen LogP contribution in [0.25, 0.3) is 0 Å². The molecule has 1 atom stereocenters. The van der Waals surface area contributed by atoms with Gasteiger partial charge in [-0.25, -0.2) is 9.59 Å². The Morgan fingerprint density at radius 2 is 1.75 bits per heavy atom. The third kappa shape index (κ3) is 3.27. The summed E-state index contributed by atoms with van der Waals surface area (Å²) >= 11 is 0. The number of ether oxygens (including phenoxy) is 1. The zero-order valence-electron chi connectivity index (χ0n) is 16.7. The number of hydrogen-bond acceptors (Lipinski definition) is 5. The molecular formula is C20H27N3O5. The fraction of sp³-hybridized carbons (Fsp3) is 0.550. The maximum atomic E-state index is 13.1. The number of anilines is 1. The molecule has 3 rings (SSSR count). The van der Waals surface area contributed by atoms with E-state index in [0.717, 1.165) is 5.69 Å². The molecule has 1 aromatic rings. The molecule has 2 heterocycles. The molecule has 0 bridgehead atoms. The van der Waals surface area contributed by atoms with Crippen molar-refractivity contribution in [2.24, 2.45) is 5.41 Å². The first kappa shape index (κ1) is 20.0. The number of nitrogens with one attached hydrogen (secondary N) is 1. The van der Waals surface area contributed by atoms with Crippen molar-refractivity contribution in [1.82, 2.24) is 10.2 Å². The molecule has 2 aliphatic heterocycles. The largest absolute Gasteiger partial charge is 0.465 e. The number of amides is 2. The SMILES string of the molecule is COC(=O)c1ccc(N2C(C(C)(C)C)NC(=O)C23CCN(C(=O)O)CC3)cc1. The van der Waals surface area contributed by atoms with E-state index in [9.17, 15) is 19.5 Å². The third-order valence-corrected chi connectivity index (χ3v) is 5.66. The van der Waals surface area contributed by atoms with Crippen molar-refractivity contribution >= 4 is 23.7 Å². The maximum absolute atomic E-state index is 13.1. The van der Waals surface area contributed by atoms with E-state index >= 15 is 0 Å². The van der Waals surface area contributed by atoms with Crippen LogP contribution in [-0.2, 0) is 9.53 Å². The van der Waals surface area contributed by atoms with E-state index in [1.807, 2.05) is 12.1 Å². The van der Waals surface area contributed by atoms with Gasteiger partial charge in [-0.1, -0.05) is 20.8 Å². The number of nitrogens with zero attached hydrogens (tertiary/aromatic N) is 2. The van der Waals surface area contributed by atoms with Crippen LogP contribution in [0.3, 0.4) is 0 Å². The quantitative estimate of drug-likeness (QED) is 0.753. The Kier molecular flexibility index (Phi) is 4.99. The molecule has 0 aromatic heterocycles. The van der Waals surface area contributed by atoms with Crippen molar-refractivity contribution in [2.75, 3.05) is 25.1 Å². The zero-order valence-corrected chi connectivity index (χ0v) is 16.7. The lowest BCUT2D eigenvalue weighted by Gasteiger charge is -2.46. The molecule has 152 valence electrons. The van der Waals surface area contributed by atoms with Crippen LogP contribution in [0.15, 0.2) is 24.3 Å². The second-order valence-corrected chi connectivity index (χ2v) is 8.45. The van der Waals surface area contributed by atoms with Crippen molar-refractivity contribution in [1.29, 1.82) is 0 Å². The van der Waals surface area contributed by atoms with E-state index in [2.05, 4.69) is 31.0 Å². The number of benzene rings is 1. The fourth-order valence-corrected chi connectivity index (χ4v) is 4.09. The highest BCUT2D eigenvalue weighted by atomic mass is 16.5. The average molecular weight is 389 g/mol. The van der Waals surface area contributed by atoms with Gasteiger partial charge in [0.25, 0.3) is 0 Å². The lowest BCUT2D eigenvalue weighted by molar-refractivity contribution is -0.125. The van der Waals surface area contributed by atoms with Crippen molar-refractivity contribution < 1.29 is 24.2 Å². The van der Waals surface area contributed by atoms with Gasteiger partial charge in [0.1, 0.15) is 11.7 Å². The van der Waals surface area contributed by atoms with Crippen LogP contribution in [0.5, 0.6) is 0 Å². The summed E-state index contributed by atoms with van der Waals surface area (Å²) in [6.07, 6.45) is -0.387. The van der Waals surface area contributed by atoms with Crippen LogP contribution in [0.2, 0.25) is 0 Å². The minimum Gasteiger partial charge on any atom is -0.465 e.